The fourth-order valence-electron chi connectivity index (χ4n) is 2.34. The first-order chi connectivity index (χ1) is 9.41. The molecule has 0 bridgehead atoms. The van der Waals surface area contributed by atoms with E-state index >= 15 is 0 Å². The van der Waals surface area contributed by atoms with E-state index in [-0.39, 0.29) is 0 Å². The van der Waals surface area contributed by atoms with E-state index in [0.717, 1.165) is 29.8 Å². The number of nitrogens with zero attached hydrogens (tertiary/aromatic N) is 2. The van der Waals surface area contributed by atoms with Gasteiger partial charge >= 0.3 is 0 Å². The van der Waals surface area contributed by atoms with Crippen molar-refractivity contribution < 1.29 is 8.42 Å². The average Bonchev–Trinajstić information content (AvgIpc) is 2.40. The van der Waals surface area contributed by atoms with E-state index in [1.807, 2.05) is 7.05 Å². The molecule has 0 spiro atoms. The highest BCUT2D eigenvalue weighted by atomic mass is 79.9. The van der Waals surface area contributed by atoms with Crippen LogP contribution in [-0.2, 0) is 16.6 Å². The van der Waals surface area contributed by atoms with Crippen molar-refractivity contribution in [2.45, 2.75) is 6.54 Å². The van der Waals surface area contributed by atoms with Crippen LogP contribution in [0.5, 0.6) is 0 Å². The first-order valence-corrected chi connectivity index (χ1v) is 9.19. The van der Waals surface area contributed by atoms with Crippen LogP contribution in [-0.4, -0.2) is 52.2 Å². The number of sulfonamides is 1. The Balaban J connectivity index is 2.06. The van der Waals surface area contributed by atoms with Gasteiger partial charge in [-0.3, -0.25) is 0 Å². The Labute approximate surface area is 129 Å². The molecule has 2 rings (SSSR count). The second-order valence-corrected chi connectivity index (χ2v) is 7.79. The fourth-order valence-corrected chi connectivity index (χ4v) is 3.68. The summed E-state index contributed by atoms with van der Waals surface area (Å²) in [5.74, 6) is 0. The van der Waals surface area contributed by atoms with Gasteiger partial charge in [0.05, 0.1) is 6.26 Å². The van der Waals surface area contributed by atoms with Crippen LogP contribution in [0.25, 0.3) is 0 Å². The van der Waals surface area contributed by atoms with Crippen LogP contribution in [0.2, 0.25) is 0 Å². The SMILES string of the molecule is CNCc1ccc(N2CCN(S(C)(=O)=O)CC2)cc1Br. The summed E-state index contributed by atoms with van der Waals surface area (Å²) < 4.78 is 25.6. The lowest BCUT2D eigenvalue weighted by atomic mass is 10.2. The van der Waals surface area contributed by atoms with E-state index < -0.39 is 10.0 Å². The van der Waals surface area contributed by atoms with Gasteiger partial charge in [0, 0.05) is 42.9 Å². The molecular formula is C13H20BrN3O2S. The van der Waals surface area contributed by atoms with Crippen molar-refractivity contribution in [2.75, 3.05) is 44.4 Å². The molecule has 0 aliphatic carbocycles. The molecule has 1 aromatic rings. The monoisotopic (exact) mass is 361 g/mol. The van der Waals surface area contributed by atoms with Crippen LogP contribution < -0.4 is 10.2 Å². The van der Waals surface area contributed by atoms with E-state index in [9.17, 15) is 8.42 Å². The molecule has 0 aromatic heterocycles. The topological polar surface area (TPSA) is 52.6 Å². The van der Waals surface area contributed by atoms with Crippen LogP contribution in [0.3, 0.4) is 0 Å². The number of piperazine rings is 1. The van der Waals surface area contributed by atoms with Gasteiger partial charge in [-0.05, 0) is 24.7 Å². The smallest absolute Gasteiger partial charge is 0.211 e. The molecule has 5 nitrogen and oxygen atoms in total. The van der Waals surface area contributed by atoms with Gasteiger partial charge in [-0.15, -0.1) is 0 Å². The van der Waals surface area contributed by atoms with Crippen molar-refractivity contribution in [1.82, 2.24) is 9.62 Å². The molecule has 1 saturated heterocycles. The summed E-state index contributed by atoms with van der Waals surface area (Å²) in [5, 5.41) is 3.13. The van der Waals surface area contributed by atoms with Gasteiger partial charge in [-0.25, -0.2) is 8.42 Å². The largest absolute Gasteiger partial charge is 0.369 e. The molecule has 1 aliphatic heterocycles. The minimum atomic E-state index is -3.06. The summed E-state index contributed by atoms with van der Waals surface area (Å²) in [6.07, 6.45) is 1.27. The normalized spacial score (nSPS) is 17.4. The molecule has 7 heteroatoms. The summed E-state index contributed by atoms with van der Waals surface area (Å²) in [6.45, 7) is 3.38. The van der Waals surface area contributed by atoms with Gasteiger partial charge in [0.1, 0.15) is 0 Å². The quantitative estimate of drug-likeness (QED) is 0.876. The molecule has 20 heavy (non-hydrogen) atoms. The Kier molecular flexibility index (Phi) is 5.06. The summed E-state index contributed by atoms with van der Waals surface area (Å²) in [4.78, 5) is 2.22. The van der Waals surface area contributed by atoms with Gasteiger partial charge in [0.25, 0.3) is 0 Å². The Morgan fingerprint density at radius 1 is 1.25 bits per heavy atom. The third kappa shape index (κ3) is 3.72. The van der Waals surface area contributed by atoms with Crippen LogP contribution in [0, 0.1) is 0 Å². The fraction of sp³-hybridized carbons (Fsp3) is 0.538. The third-order valence-electron chi connectivity index (χ3n) is 3.48. The van der Waals surface area contributed by atoms with Crippen molar-refractivity contribution in [3.8, 4) is 0 Å². The van der Waals surface area contributed by atoms with E-state index in [1.54, 1.807) is 0 Å². The molecule has 1 aromatic carbocycles. The lowest BCUT2D eigenvalue weighted by molar-refractivity contribution is 0.388. The van der Waals surface area contributed by atoms with Crippen molar-refractivity contribution >= 4 is 31.6 Å². The summed E-state index contributed by atoms with van der Waals surface area (Å²) in [7, 11) is -1.14. The lowest BCUT2D eigenvalue weighted by Gasteiger charge is -2.35. The highest BCUT2D eigenvalue weighted by Gasteiger charge is 2.23. The Morgan fingerprint density at radius 3 is 2.40 bits per heavy atom. The van der Waals surface area contributed by atoms with Crippen molar-refractivity contribution in [1.29, 1.82) is 0 Å². The predicted molar refractivity (Wildman–Crippen MR) is 85.5 cm³/mol. The lowest BCUT2D eigenvalue weighted by Crippen LogP contribution is -2.48. The second kappa shape index (κ2) is 6.43. The molecule has 1 aliphatic rings. The molecule has 1 fully saturated rings. The van der Waals surface area contributed by atoms with Gasteiger partial charge in [0.2, 0.25) is 10.0 Å². The zero-order valence-corrected chi connectivity index (χ0v) is 14.2. The molecule has 0 amide bonds. The Hall–Kier alpha value is -0.630. The van der Waals surface area contributed by atoms with Crippen LogP contribution in [0.1, 0.15) is 5.56 Å². The van der Waals surface area contributed by atoms with Crippen LogP contribution in [0.4, 0.5) is 5.69 Å². The van der Waals surface area contributed by atoms with Crippen LogP contribution >= 0.6 is 15.9 Å². The minimum Gasteiger partial charge on any atom is -0.369 e. The summed E-state index contributed by atoms with van der Waals surface area (Å²) in [5.41, 5.74) is 2.34. The zero-order chi connectivity index (χ0) is 14.8. The highest BCUT2D eigenvalue weighted by Crippen LogP contribution is 2.25. The maximum atomic E-state index is 11.5. The maximum absolute atomic E-state index is 11.5. The van der Waals surface area contributed by atoms with E-state index in [1.165, 1.54) is 16.1 Å². The Morgan fingerprint density at radius 2 is 1.90 bits per heavy atom. The zero-order valence-electron chi connectivity index (χ0n) is 11.8. The second-order valence-electron chi connectivity index (χ2n) is 4.96. The first-order valence-electron chi connectivity index (χ1n) is 6.55. The molecule has 0 saturated carbocycles. The van der Waals surface area contributed by atoms with Crippen molar-refractivity contribution in [3.63, 3.8) is 0 Å². The van der Waals surface area contributed by atoms with Crippen LogP contribution in [0.15, 0.2) is 22.7 Å². The standard InChI is InChI=1S/C13H20BrN3O2S/c1-15-10-11-3-4-12(9-13(11)14)16-5-7-17(8-6-16)20(2,18)19/h3-4,9,15H,5-8,10H2,1-2H3. The number of rotatable bonds is 4. The predicted octanol–water partition coefficient (Wildman–Crippen LogP) is 1.25. The number of hydrogen-bond donors (Lipinski definition) is 1. The van der Waals surface area contributed by atoms with Gasteiger partial charge < -0.3 is 10.2 Å². The van der Waals surface area contributed by atoms with Crippen molar-refractivity contribution in [3.05, 3.63) is 28.2 Å². The molecule has 0 atom stereocenters. The van der Waals surface area contributed by atoms with Gasteiger partial charge in [-0.1, -0.05) is 22.0 Å². The molecule has 1 heterocycles. The number of benzene rings is 1. The third-order valence-corrected chi connectivity index (χ3v) is 5.52. The molecule has 112 valence electrons. The molecular weight excluding hydrogens is 342 g/mol. The minimum absolute atomic E-state index is 0.550. The number of nitrogens with one attached hydrogen (secondary N) is 1. The average molecular weight is 362 g/mol. The molecule has 0 radical (unpaired) electrons. The number of hydrogen-bond acceptors (Lipinski definition) is 4. The first kappa shape index (κ1) is 15.8. The number of halogens is 1. The molecule has 0 unspecified atom stereocenters. The van der Waals surface area contributed by atoms with Gasteiger partial charge in [-0.2, -0.15) is 4.31 Å². The molecule has 1 N–H and O–H groups in total. The summed E-state index contributed by atoms with van der Waals surface area (Å²) >= 11 is 3.59. The maximum Gasteiger partial charge on any atom is 0.211 e. The number of anilines is 1. The van der Waals surface area contributed by atoms with Gasteiger partial charge in [0.15, 0.2) is 0 Å². The van der Waals surface area contributed by atoms with E-state index in [4.69, 9.17) is 0 Å². The van der Waals surface area contributed by atoms with Crippen molar-refractivity contribution in [2.24, 2.45) is 0 Å². The van der Waals surface area contributed by atoms with E-state index in [0.29, 0.717) is 13.1 Å². The highest BCUT2D eigenvalue weighted by molar-refractivity contribution is 9.10. The Bertz CT molecular complexity index is 569. The summed E-state index contributed by atoms with van der Waals surface area (Å²) in [6, 6.07) is 6.29. The van der Waals surface area contributed by atoms with E-state index in [2.05, 4.69) is 44.3 Å².